The highest BCUT2D eigenvalue weighted by atomic mass is 16.6. The second-order valence-electron chi connectivity index (χ2n) is 6.78. The number of carbonyl (C=O) groups is 2. The van der Waals surface area contributed by atoms with Crippen LogP contribution in [0.5, 0.6) is 5.75 Å². The number of fused-ring (bicyclic) bond motifs is 1. The Morgan fingerprint density at radius 1 is 1.04 bits per heavy atom. The lowest BCUT2D eigenvalue weighted by atomic mass is 10.0. The van der Waals surface area contributed by atoms with E-state index in [1.807, 2.05) is 50.4 Å². The zero-order chi connectivity index (χ0) is 19.9. The summed E-state index contributed by atoms with van der Waals surface area (Å²) in [5, 5.41) is 6.68. The maximum absolute atomic E-state index is 12.8. The van der Waals surface area contributed by atoms with Crippen LogP contribution in [-0.2, 0) is 11.2 Å². The molecule has 146 valence electrons. The molecule has 0 bridgehead atoms. The maximum Gasteiger partial charge on any atom is 0.413 e. The fourth-order valence-corrected chi connectivity index (χ4v) is 2.94. The number of amides is 2. The Morgan fingerprint density at radius 2 is 1.75 bits per heavy atom. The highest BCUT2D eigenvalue weighted by molar-refractivity contribution is 5.88. The number of rotatable bonds is 7. The molecular weight excluding hydrogens is 354 g/mol. The third-order valence-electron chi connectivity index (χ3n) is 4.66. The number of hydrogen-bond acceptors (Lipinski definition) is 3. The highest BCUT2D eigenvalue weighted by Gasteiger charge is 2.24. The molecule has 3 rings (SSSR count). The summed E-state index contributed by atoms with van der Waals surface area (Å²) in [6.07, 6.45) is 2.38. The zero-order valence-corrected chi connectivity index (χ0v) is 16.1. The molecule has 0 fully saturated rings. The van der Waals surface area contributed by atoms with Crippen LogP contribution in [0.3, 0.4) is 0 Å². The molecule has 0 aliphatic carbocycles. The van der Waals surface area contributed by atoms with Crippen molar-refractivity contribution in [1.29, 1.82) is 0 Å². The topological polar surface area (TPSA) is 83.2 Å². The van der Waals surface area contributed by atoms with Crippen LogP contribution in [0.15, 0.2) is 60.8 Å². The minimum absolute atomic E-state index is 0.0184. The number of hydrogen-bond donors (Lipinski definition) is 3. The molecule has 0 radical (unpaired) electrons. The monoisotopic (exact) mass is 379 g/mol. The highest BCUT2D eigenvalue weighted by Crippen LogP contribution is 2.19. The second kappa shape index (κ2) is 9.08. The maximum atomic E-state index is 12.8. The second-order valence-corrected chi connectivity index (χ2v) is 6.78. The molecule has 2 aromatic carbocycles. The quantitative estimate of drug-likeness (QED) is 0.584. The first kappa shape index (κ1) is 19.5. The van der Waals surface area contributed by atoms with Gasteiger partial charge in [-0.1, -0.05) is 43.3 Å². The van der Waals surface area contributed by atoms with Crippen LogP contribution in [0, 0.1) is 0 Å². The first-order chi connectivity index (χ1) is 13.6. The van der Waals surface area contributed by atoms with Crippen LogP contribution >= 0.6 is 0 Å². The Bertz CT molecular complexity index is 936. The first-order valence-corrected chi connectivity index (χ1v) is 9.45. The summed E-state index contributed by atoms with van der Waals surface area (Å²) in [7, 11) is 0. The van der Waals surface area contributed by atoms with Gasteiger partial charge in [0.2, 0.25) is 5.91 Å². The zero-order valence-electron chi connectivity index (χ0n) is 16.1. The fourth-order valence-electron chi connectivity index (χ4n) is 2.94. The van der Waals surface area contributed by atoms with Crippen molar-refractivity contribution in [2.45, 2.75) is 38.8 Å². The van der Waals surface area contributed by atoms with Crippen molar-refractivity contribution in [1.82, 2.24) is 15.6 Å². The van der Waals surface area contributed by atoms with Gasteiger partial charge in [-0.15, -0.1) is 0 Å². The summed E-state index contributed by atoms with van der Waals surface area (Å²) in [5.74, 6) is 0.192. The molecule has 0 aliphatic heterocycles. The summed E-state index contributed by atoms with van der Waals surface area (Å²) in [5.41, 5.74) is 1.95. The van der Waals surface area contributed by atoms with Crippen LogP contribution in [0.1, 0.15) is 25.8 Å². The van der Waals surface area contributed by atoms with Crippen LogP contribution in [0.4, 0.5) is 4.79 Å². The molecule has 0 spiro atoms. The molecule has 0 unspecified atom stereocenters. The molecule has 6 nitrogen and oxygen atoms in total. The number of H-pyrrole nitrogens is 1. The van der Waals surface area contributed by atoms with Gasteiger partial charge in [0.15, 0.2) is 0 Å². The van der Waals surface area contributed by atoms with Gasteiger partial charge in [0, 0.05) is 29.6 Å². The van der Waals surface area contributed by atoms with E-state index in [4.69, 9.17) is 4.74 Å². The molecule has 3 N–H and O–H groups in total. The van der Waals surface area contributed by atoms with Crippen LogP contribution in [0.25, 0.3) is 10.9 Å². The van der Waals surface area contributed by atoms with Crippen LogP contribution < -0.4 is 15.4 Å². The lowest BCUT2D eigenvalue weighted by molar-refractivity contribution is -0.123. The van der Waals surface area contributed by atoms with E-state index >= 15 is 0 Å². The third-order valence-corrected chi connectivity index (χ3v) is 4.66. The van der Waals surface area contributed by atoms with Crippen molar-refractivity contribution in [3.8, 4) is 5.75 Å². The molecule has 6 heteroatoms. The van der Waals surface area contributed by atoms with Gasteiger partial charge in [0.25, 0.3) is 0 Å². The van der Waals surface area contributed by atoms with E-state index in [1.54, 1.807) is 24.3 Å². The van der Waals surface area contributed by atoms with E-state index in [1.165, 1.54) is 0 Å². The minimum atomic E-state index is -0.746. The average molecular weight is 379 g/mol. The largest absolute Gasteiger partial charge is 0.413 e. The summed E-state index contributed by atoms with van der Waals surface area (Å²) in [6.45, 7) is 3.93. The van der Waals surface area contributed by atoms with Crippen molar-refractivity contribution in [3.05, 3.63) is 66.4 Å². The average Bonchev–Trinajstić information content (AvgIpc) is 3.11. The summed E-state index contributed by atoms with van der Waals surface area (Å²) in [4.78, 5) is 28.3. The van der Waals surface area contributed by atoms with Crippen LogP contribution in [0.2, 0.25) is 0 Å². The van der Waals surface area contributed by atoms with Gasteiger partial charge in [-0.2, -0.15) is 0 Å². The minimum Gasteiger partial charge on any atom is -0.410 e. The van der Waals surface area contributed by atoms with Gasteiger partial charge in [0.1, 0.15) is 11.8 Å². The van der Waals surface area contributed by atoms with Gasteiger partial charge in [-0.05, 0) is 37.1 Å². The molecule has 2 amide bonds. The third kappa shape index (κ3) is 4.91. The number of aromatic amines is 1. The fraction of sp³-hybridized carbons (Fsp3) is 0.273. The van der Waals surface area contributed by atoms with E-state index in [0.717, 1.165) is 22.9 Å². The molecular formula is C22H25N3O3. The molecule has 3 aromatic rings. The van der Waals surface area contributed by atoms with Gasteiger partial charge >= 0.3 is 6.09 Å². The Labute approximate surface area is 164 Å². The molecule has 0 saturated heterocycles. The Kier molecular flexibility index (Phi) is 6.32. The Morgan fingerprint density at radius 3 is 2.50 bits per heavy atom. The lowest BCUT2D eigenvalue weighted by Gasteiger charge is -2.20. The molecule has 1 aromatic heterocycles. The van der Waals surface area contributed by atoms with Gasteiger partial charge in [-0.25, -0.2) is 4.79 Å². The molecule has 28 heavy (non-hydrogen) atoms. The SMILES string of the molecule is CC[C@@H](C)NC(=O)[C@H](Cc1c[nH]c2ccccc12)NC(=O)Oc1ccccc1. The van der Waals surface area contributed by atoms with Crippen molar-refractivity contribution < 1.29 is 14.3 Å². The number of ether oxygens (including phenoxy) is 1. The van der Waals surface area contributed by atoms with E-state index in [2.05, 4.69) is 15.6 Å². The van der Waals surface area contributed by atoms with Gasteiger partial charge in [0.05, 0.1) is 0 Å². The van der Waals surface area contributed by atoms with Gasteiger partial charge < -0.3 is 20.4 Å². The van der Waals surface area contributed by atoms with E-state index in [9.17, 15) is 9.59 Å². The number of aromatic nitrogens is 1. The Balaban J connectivity index is 1.76. The van der Waals surface area contributed by atoms with E-state index in [-0.39, 0.29) is 11.9 Å². The van der Waals surface area contributed by atoms with Crippen molar-refractivity contribution in [2.24, 2.45) is 0 Å². The van der Waals surface area contributed by atoms with Crippen molar-refractivity contribution >= 4 is 22.9 Å². The standard InChI is InChI=1S/C22H25N3O3/c1-3-15(2)24-21(26)20(25-22(27)28-17-9-5-4-6-10-17)13-16-14-23-19-12-8-7-11-18(16)19/h4-12,14-15,20,23H,3,13H2,1-2H3,(H,24,26)(H,25,27)/t15-,20+/m1/s1. The number of para-hydroxylation sites is 2. The molecule has 2 atom stereocenters. The number of nitrogens with one attached hydrogen (secondary N) is 3. The summed E-state index contributed by atoms with van der Waals surface area (Å²) < 4.78 is 5.30. The predicted molar refractivity (Wildman–Crippen MR) is 109 cm³/mol. The number of carbonyl (C=O) groups excluding carboxylic acids is 2. The lowest BCUT2D eigenvalue weighted by Crippen LogP contribution is -2.50. The van der Waals surface area contributed by atoms with Crippen LogP contribution in [-0.4, -0.2) is 29.1 Å². The van der Waals surface area contributed by atoms with Gasteiger partial charge in [-0.3, -0.25) is 4.79 Å². The summed E-state index contributed by atoms with van der Waals surface area (Å²) in [6, 6.07) is 15.9. The number of benzene rings is 2. The van der Waals surface area contributed by atoms with E-state index < -0.39 is 12.1 Å². The van der Waals surface area contributed by atoms with E-state index in [0.29, 0.717) is 12.2 Å². The molecule has 0 aliphatic rings. The molecule has 0 saturated carbocycles. The normalized spacial score (nSPS) is 12.9. The smallest absolute Gasteiger partial charge is 0.410 e. The summed E-state index contributed by atoms with van der Waals surface area (Å²) >= 11 is 0. The molecule has 1 heterocycles. The van der Waals surface area contributed by atoms with Crippen molar-refractivity contribution in [3.63, 3.8) is 0 Å². The predicted octanol–water partition coefficient (Wildman–Crippen LogP) is 3.78. The Hall–Kier alpha value is -3.28. The first-order valence-electron chi connectivity index (χ1n) is 9.45. The van der Waals surface area contributed by atoms with Crippen molar-refractivity contribution in [2.75, 3.05) is 0 Å².